The molecule has 0 aromatic heterocycles. The Kier molecular flexibility index (Phi) is 6.17. The summed E-state index contributed by atoms with van der Waals surface area (Å²) >= 11 is 5.98. The van der Waals surface area contributed by atoms with Gasteiger partial charge in [-0.3, -0.25) is 10.1 Å². The first kappa shape index (κ1) is 17.8. The van der Waals surface area contributed by atoms with E-state index in [0.717, 1.165) is 0 Å². The van der Waals surface area contributed by atoms with Gasteiger partial charge in [0, 0.05) is 0 Å². The number of rotatable bonds is 6. The highest BCUT2D eigenvalue weighted by molar-refractivity contribution is 6.33. The van der Waals surface area contributed by atoms with Crippen molar-refractivity contribution >= 4 is 29.2 Å². The third-order valence-electron chi connectivity index (χ3n) is 3.26. The number of aromatic hydroxyl groups is 1. The summed E-state index contributed by atoms with van der Waals surface area (Å²) in [7, 11) is 1.25. The highest BCUT2D eigenvalue weighted by Gasteiger charge is 2.22. The van der Waals surface area contributed by atoms with E-state index in [2.05, 4.69) is 10.6 Å². The van der Waals surface area contributed by atoms with Gasteiger partial charge in [-0.25, -0.2) is 4.79 Å². The van der Waals surface area contributed by atoms with Gasteiger partial charge < -0.3 is 15.2 Å². The predicted octanol–water partition coefficient (Wildman–Crippen LogP) is 2.49. The largest absolute Gasteiger partial charge is 0.508 e. The summed E-state index contributed by atoms with van der Waals surface area (Å²) in [4.78, 5) is 24.0. The lowest BCUT2D eigenvalue weighted by Crippen LogP contribution is -2.35. The monoisotopic (exact) mass is 348 g/mol. The van der Waals surface area contributed by atoms with E-state index in [1.54, 1.807) is 36.4 Å². The van der Waals surface area contributed by atoms with Crippen molar-refractivity contribution in [3.05, 3.63) is 59.1 Å². The number of benzene rings is 2. The number of amides is 1. The van der Waals surface area contributed by atoms with Crippen LogP contribution in [0.15, 0.2) is 48.5 Å². The fourth-order valence-electron chi connectivity index (χ4n) is 2.11. The fourth-order valence-corrected chi connectivity index (χ4v) is 2.29. The Hall–Kier alpha value is -2.57. The van der Waals surface area contributed by atoms with E-state index in [4.69, 9.17) is 16.3 Å². The van der Waals surface area contributed by atoms with Crippen LogP contribution >= 0.6 is 11.6 Å². The zero-order valence-electron chi connectivity index (χ0n) is 13.0. The maximum absolute atomic E-state index is 12.0. The molecule has 1 atom stereocenters. The quantitative estimate of drug-likeness (QED) is 0.698. The van der Waals surface area contributed by atoms with Crippen LogP contribution in [0.4, 0.5) is 5.69 Å². The van der Waals surface area contributed by atoms with Crippen LogP contribution in [-0.4, -0.2) is 30.6 Å². The van der Waals surface area contributed by atoms with E-state index in [-0.39, 0.29) is 18.2 Å². The molecule has 0 aliphatic heterocycles. The van der Waals surface area contributed by atoms with Crippen LogP contribution < -0.4 is 10.6 Å². The number of carbonyl (C=O) groups excluding carboxylic acids is 2. The Morgan fingerprint density at radius 2 is 1.96 bits per heavy atom. The molecule has 7 heteroatoms. The molecule has 2 rings (SSSR count). The van der Waals surface area contributed by atoms with Gasteiger partial charge in [-0.05, 0) is 29.8 Å². The smallest absolute Gasteiger partial charge is 0.327 e. The zero-order valence-corrected chi connectivity index (χ0v) is 13.7. The molecular weight excluding hydrogens is 332 g/mol. The molecule has 0 radical (unpaired) electrons. The van der Waals surface area contributed by atoms with Crippen LogP contribution in [0.25, 0.3) is 0 Å². The Bertz CT molecular complexity index is 736. The number of nitrogens with one attached hydrogen (secondary N) is 2. The van der Waals surface area contributed by atoms with Crippen molar-refractivity contribution in [1.82, 2.24) is 5.32 Å². The summed E-state index contributed by atoms with van der Waals surface area (Å²) in [5.41, 5.74) is 0.977. The highest BCUT2D eigenvalue weighted by Crippen LogP contribution is 2.21. The van der Waals surface area contributed by atoms with Crippen molar-refractivity contribution in [3.63, 3.8) is 0 Å². The Labute approximate surface area is 144 Å². The Morgan fingerprint density at radius 1 is 1.21 bits per heavy atom. The number of methoxy groups -OCH3 is 1. The van der Waals surface area contributed by atoms with Crippen molar-refractivity contribution in [1.29, 1.82) is 0 Å². The van der Waals surface area contributed by atoms with Gasteiger partial charge in [0.05, 0.1) is 24.4 Å². The van der Waals surface area contributed by atoms with Gasteiger partial charge in [0.1, 0.15) is 11.8 Å². The summed E-state index contributed by atoms with van der Waals surface area (Å²) in [5.74, 6) is -0.910. The van der Waals surface area contributed by atoms with Crippen molar-refractivity contribution in [3.8, 4) is 5.75 Å². The van der Waals surface area contributed by atoms with Gasteiger partial charge in [-0.2, -0.15) is 0 Å². The number of carbonyl (C=O) groups is 2. The summed E-state index contributed by atoms with van der Waals surface area (Å²) in [6.45, 7) is -0.138. The number of esters is 1. The molecule has 24 heavy (non-hydrogen) atoms. The molecule has 0 aliphatic rings. The minimum absolute atomic E-state index is 0.0173. The SMILES string of the molecule is COC(=O)[C@@H](NCC(=O)Nc1ccccc1Cl)c1cccc(O)c1. The normalized spacial score (nSPS) is 11.6. The number of anilines is 1. The highest BCUT2D eigenvalue weighted by atomic mass is 35.5. The van der Waals surface area contributed by atoms with Crippen LogP contribution in [0, 0.1) is 0 Å². The minimum atomic E-state index is -0.876. The number of phenolic OH excluding ortho intramolecular Hbond substituents is 1. The lowest BCUT2D eigenvalue weighted by Gasteiger charge is -2.17. The molecule has 0 spiro atoms. The van der Waals surface area contributed by atoms with Crippen molar-refractivity contribution < 1.29 is 19.4 Å². The molecule has 0 aliphatic carbocycles. The molecule has 6 nitrogen and oxygen atoms in total. The molecule has 0 heterocycles. The first-order chi connectivity index (χ1) is 11.5. The maximum Gasteiger partial charge on any atom is 0.327 e. The maximum atomic E-state index is 12.0. The molecule has 2 aromatic carbocycles. The fraction of sp³-hybridized carbons (Fsp3) is 0.176. The summed E-state index contributed by atoms with van der Waals surface area (Å²) in [6.07, 6.45) is 0. The molecule has 0 saturated carbocycles. The second kappa shape index (κ2) is 8.33. The molecule has 0 saturated heterocycles. The van der Waals surface area contributed by atoms with Crippen molar-refractivity contribution in [2.24, 2.45) is 0 Å². The lowest BCUT2D eigenvalue weighted by atomic mass is 10.1. The van der Waals surface area contributed by atoms with Gasteiger partial charge in [-0.15, -0.1) is 0 Å². The van der Waals surface area contributed by atoms with Gasteiger partial charge >= 0.3 is 5.97 Å². The number of hydrogen-bond acceptors (Lipinski definition) is 5. The first-order valence-corrected chi connectivity index (χ1v) is 7.53. The number of para-hydroxylation sites is 1. The average Bonchev–Trinajstić information content (AvgIpc) is 2.57. The van der Waals surface area contributed by atoms with Crippen LogP contribution in [0.2, 0.25) is 5.02 Å². The zero-order chi connectivity index (χ0) is 17.5. The summed E-state index contributed by atoms with van der Waals surface area (Å²) in [6, 6.07) is 12.1. The van der Waals surface area contributed by atoms with Crippen molar-refractivity contribution in [2.45, 2.75) is 6.04 Å². The van der Waals surface area contributed by atoms with E-state index < -0.39 is 12.0 Å². The van der Waals surface area contributed by atoms with E-state index in [1.165, 1.54) is 19.2 Å². The third-order valence-corrected chi connectivity index (χ3v) is 3.58. The molecule has 0 fully saturated rings. The van der Waals surface area contributed by atoms with Crippen LogP contribution in [0.5, 0.6) is 5.75 Å². The van der Waals surface area contributed by atoms with Gasteiger partial charge in [-0.1, -0.05) is 35.9 Å². The molecule has 126 valence electrons. The molecular formula is C17H17ClN2O4. The average molecular weight is 349 g/mol. The number of phenols is 1. The van der Waals surface area contributed by atoms with E-state index in [0.29, 0.717) is 16.3 Å². The van der Waals surface area contributed by atoms with Crippen LogP contribution in [0.1, 0.15) is 11.6 Å². The third kappa shape index (κ3) is 4.71. The second-order valence-electron chi connectivity index (χ2n) is 4.96. The summed E-state index contributed by atoms with van der Waals surface area (Å²) < 4.78 is 4.74. The number of halogens is 1. The van der Waals surface area contributed by atoms with E-state index >= 15 is 0 Å². The van der Waals surface area contributed by atoms with Crippen LogP contribution in [0.3, 0.4) is 0 Å². The lowest BCUT2D eigenvalue weighted by molar-refractivity contribution is -0.143. The molecule has 2 aromatic rings. The summed E-state index contributed by atoms with van der Waals surface area (Å²) in [5, 5.41) is 15.4. The molecule has 0 unspecified atom stereocenters. The van der Waals surface area contributed by atoms with E-state index in [9.17, 15) is 14.7 Å². The number of ether oxygens (including phenoxy) is 1. The van der Waals surface area contributed by atoms with Gasteiger partial charge in [0.15, 0.2) is 0 Å². The standard InChI is InChI=1S/C17H17ClN2O4/c1-24-17(23)16(11-5-4-6-12(21)9-11)19-10-15(22)20-14-8-3-2-7-13(14)18/h2-9,16,19,21H,10H2,1H3,(H,20,22)/t16-/m0/s1. The minimum Gasteiger partial charge on any atom is -0.508 e. The van der Waals surface area contributed by atoms with Gasteiger partial charge in [0.2, 0.25) is 5.91 Å². The van der Waals surface area contributed by atoms with Crippen molar-refractivity contribution in [2.75, 3.05) is 19.0 Å². The number of hydrogen-bond donors (Lipinski definition) is 3. The van der Waals surface area contributed by atoms with Crippen LogP contribution in [-0.2, 0) is 14.3 Å². The first-order valence-electron chi connectivity index (χ1n) is 7.16. The van der Waals surface area contributed by atoms with E-state index in [1.807, 2.05) is 0 Å². The predicted molar refractivity (Wildman–Crippen MR) is 90.9 cm³/mol. The topological polar surface area (TPSA) is 87.7 Å². The van der Waals surface area contributed by atoms with Gasteiger partial charge in [0.25, 0.3) is 0 Å². The second-order valence-corrected chi connectivity index (χ2v) is 5.37. The Balaban J connectivity index is 2.04. The Morgan fingerprint density at radius 3 is 2.62 bits per heavy atom. The molecule has 3 N–H and O–H groups in total. The molecule has 0 bridgehead atoms. The molecule has 1 amide bonds.